The molecule has 0 fully saturated rings. The van der Waals surface area contributed by atoms with Gasteiger partial charge >= 0.3 is 5.97 Å². The molecular formula is C7H7NO2. The molecule has 0 radical (unpaired) electrons. The summed E-state index contributed by atoms with van der Waals surface area (Å²) in [6.45, 7) is 4.85. The predicted molar refractivity (Wildman–Crippen MR) is 35.7 cm³/mol. The lowest BCUT2D eigenvalue weighted by atomic mass is 10.3. The number of rotatable bonds is 2. The van der Waals surface area contributed by atoms with E-state index in [0.717, 1.165) is 0 Å². The van der Waals surface area contributed by atoms with Crippen LogP contribution in [0.2, 0.25) is 0 Å². The molecule has 0 rings (SSSR count). The molecule has 0 saturated carbocycles. The van der Waals surface area contributed by atoms with Crippen LogP contribution in [0.25, 0.3) is 0 Å². The van der Waals surface area contributed by atoms with E-state index in [1.54, 1.807) is 19.1 Å². The van der Waals surface area contributed by atoms with Gasteiger partial charge in [-0.2, -0.15) is 5.26 Å². The smallest absolute Gasteiger partial charge is 0.353 e. The lowest BCUT2D eigenvalue weighted by molar-refractivity contribution is -0.133. The van der Waals surface area contributed by atoms with Crippen molar-refractivity contribution >= 4 is 5.97 Å². The molecule has 0 aliphatic heterocycles. The molecule has 0 heterocycles. The Morgan fingerprint density at radius 1 is 1.80 bits per heavy atom. The lowest BCUT2D eigenvalue weighted by Gasteiger charge is -1.91. The Hall–Kier alpha value is -1.56. The van der Waals surface area contributed by atoms with Crippen molar-refractivity contribution in [3.05, 3.63) is 24.5 Å². The molecule has 10 heavy (non-hydrogen) atoms. The minimum absolute atomic E-state index is 0.196. The Balaban J connectivity index is 3.89. The fourth-order valence-electron chi connectivity index (χ4n) is 0.247. The summed E-state index contributed by atoms with van der Waals surface area (Å²) < 4.78 is 4.40. The highest BCUT2D eigenvalue weighted by Crippen LogP contribution is 1.91. The lowest BCUT2D eigenvalue weighted by Crippen LogP contribution is -2.00. The molecular weight excluding hydrogens is 130 g/mol. The van der Waals surface area contributed by atoms with Gasteiger partial charge in [0.25, 0.3) is 0 Å². The number of hydrogen-bond donors (Lipinski definition) is 0. The zero-order chi connectivity index (χ0) is 7.98. The summed E-state index contributed by atoms with van der Waals surface area (Å²) >= 11 is 0. The SMILES string of the molecule is C=C(C#N)C(=O)O/C=C/C. The number of nitriles is 1. The van der Waals surface area contributed by atoms with Crippen molar-refractivity contribution in [2.75, 3.05) is 0 Å². The van der Waals surface area contributed by atoms with Crippen molar-refractivity contribution in [1.82, 2.24) is 0 Å². The maximum atomic E-state index is 10.5. The summed E-state index contributed by atoms with van der Waals surface area (Å²) in [5.41, 5.74) is -0.196. The third kappa shape index (κ3) is 2.68. The number of esters is 1. The molecule has 0 amide bonds. The number of carbonyl (C=O) groups is 1. The predicted octanol–water partition coefficient (Wildman–Crippen LogP) is 1.14. The number of hydrogen-bond acceptors (Lipinski definition) is 3. The third-order valence-corrected chi connectivity index (χ3v) is 0.693. The van der Waals surface area contributed by atoms with Gasteiger partial charge in [0.2, 0.25) is 0 Å². The molecule has 0 aromatic rings. The Labute approximate surface area is 59.2 Å². The maximum Gasteiger partial charge on any atom is 0.353 e. The van der Waals surface area contributed by atoms with Crippen molar-refractivity contribution in [3.63, 3.8) is 0 Å². The second-order valence-electron chi connectivity index (χ2n) is 1.47. The van der Waals surface area contributed by atoms with Crippen molar-refractivity contribution in [3.8, 4) is 6.07 Å². The van der Waals surface area contributed by atoms with Gasteiger partial charge in [-0.3, -0.25) is 0 Å². The summed E-state index contributed by atoms with van der Waals surface area (Å²) in [4.78, 5) is 10.5. The standard InChI is InChI=1S/C7H7NO2/c1-3-4-10-7(9)6(2)5-8/h3-4H,2H2,1H3/b4-3+. The molecule has 0 aromatic heterocycles. The van der Waals surface area contributed by atoms with E-state index in [0.29, 0.717) is 0 Å². The molecule has 0 saturated heterocycles. The topological polar surface area (TPSA) is 50.1 Å². The molecule has 52 valence electrons. The maximum absolute atomic E-state index is 10.5. The highest BCUT2D eigenvalue weighted by Gasteiger charge is 2.03. The van der Waals surface area contributed by atoms with Gasteiger partial charge in [0.15, 0.2) is 0 Å². The van der Waals surface area contributed by atoms with Crippen molar-refractivity contribution in [2.24, 2.45) is 0 Å². The average molecular weight is 137 g/mol. The van der Waals surface area contributed by atoms with E-state index in [2.05, 4.69) is 11.3 Å². The monoisotopic (exact) mass is 137 g/mol. The van der Waals surface area contributed by atoms with E-state index in [4.69, 9.17) is 5.26 Å². The molecule has 0 aromatic carbocycles. The molecule has 3 nitrogen and oxygen atoms in total. The fourth-order valence-corrected chi connectivity index (χ4v) is 0.247. The normalized spacial score (nSPS) is 8.80. The van der Waals surface area contributed by atoms with Crippen molar-refractivity contribution in [2.45, 2.75) is 6.92 Å². The quantitative estimate of drug-likeness (QED) is 0.248. The number of allylic oxidation sites excluding steroid dienone is 1. The highest BCUT2D eigenvalue weighted by atomic mass is 16.5. The Kier molecular flexibility index (Phi) is 3.66. The third-order valence-electron chi connectivity index (χ3n) is 0.693. The highest BCUT2D eigenvalue weighted by molar-refractivity contribution is 5.92. The van der Waals surface area contributed by atoms with Gasteiger partial charge in [-0.1, -0.05) is 12.7 Å². The van der Waals surface area contributed by atoms with Gasteiger partial charge < -0.3 is 4.74 Å². The van der Waals surface area contributed by atoms with Gasteiger partial charge in [0.05, 0.1) is 6.26 Å². The van der Waals surface area contributed by atoms with Crippen LogP contribution in [0.5, 0.6) is 0 Å². The van der Waals surface area contributed by atoms with E-state index in [9.17, 15) is 4.79 Å². The summed E-state index contributed by atoms with van der Waals surface area (Å²) in [7, 11) is 0. The molecule has 0 N–H and O–H groups in total. The first-order valence-electron chi connectivity index (χ1n) is 2.63. The van der Waals surface area contributed by atoms with E-state index in [-0.39, 0.29) is 5.57 Å². The van der Waals surface area contributed by atoms with E-state index in [1.807, 2.05) is 0 Å². The second kappa shape index (κ2) is 4.33. The number of carbonyl (C=O) groups excluding carboxylic acids is 1. The Bertz CT molecular complexity index is 210. The van der Waals surface area contributed by atoms with Crippen LogP contribution in [0.3, 0.4) is 0 Å². The Morgan fingerprint density at radius 3 is 2.80 bits per heavy atom. The molecule has 3 heteroatoms. The Morgan fingerprint density at radius 2 is 2.40 bits per heavy atom. The van der Waals surface area contributed by atoms with Crippen molar-refractivity contribution in [1.29, 1.82) is 5.26 Å². The molecule has 0 spiro atoms. The molecule has 0 atom stereocenters. The summed E-state index contributed by atoms with van der Waals surface area (Å²) in [5, 5.41) is 8.13. The minimum atomic E-state index is -0.708. The van der Waals surface area contributed by atoms with Crippen LogP contribution in [0, 0.1) is 11.3 Å². The molecule has 0 bridgehead atoms. The minimum Gasteiger partial charge on any atom is -0.431 e. The second-order valence-corrected chi connectivity index (χ2v) is 1.47. The van der Waals surface area contributed by atoms with Crippen LogP contribution >= 0.6 is 0 Å². The fraction of sp³-hybridized carbons (Fsp3) is 0.143. The summed E-state index contributed by atoms with van der Waals surface area (Å²) in [6.07, 6.45) is 2.74. The molecule has 0 aliphatic carbocycles. The molecule has 0 unspecified atom stereocenters. The summed E-state index contributed by atoms with van der Waals surface area (Å²) in [6, 6.07) is 1.57. The molecule has 0 aliphatic rings. The zero-order valence-corrected chi connectivity index (χ0v) is 5.63. The number of nitrogens with zero attached hydrogens (tertiary/aromatic N) is 1. The van der Waals surface area contributed by atoms with Crippen molar-refractivity contribution < 1.29 is 9.53 Å². The van der Waals surface area contributed by atoms with Crippen LogP contribution in [0.1, 0.15) is 6.92 Å². The van der Waals surface area contributed by atoms with Crippen LogP contribution in [-0.2, 0) is 9.53 Å². The van der Waals surface area contributed by atoms with E-state index < -0.39 is 5.97 Å². The van der Waals surface area contributed by atoms with Gasteiger partial charge in [-0.15, -0.1) is 0 Å². The van der Waals surface area contributed by atoms with Gasteiger partial charge in [-0.25, -0.2) is 4.79 Å². The van der Waals surface area contributed by atoms with Crippen LogP contribution < -0.4 is 0 Å². The van der Waals surface area contributed by atoms with Gasteiger partial charge in [-0.05, 0) is 6.92 Å². The van der Waals surface area contributed by atoms with Gasteiger partial charge in [0, 0.05) is 0 Å². The van der Waals surface area contributed by atoms with Gasteiger partial charge in [0.1, 0.15) is 11.6 Å². The van der Waals surface area contributed by atoms with Crippen LogP contribution in [0.15, 0.2) is 24.5 Å². The van der Waals surface area contributed by atoms with Crippen LogP contribution in [-0.4, -0.2) is 5.97 Å². The van der Waals surface area contributed by atoms with E-state index in [1.165, 1.54) is 6.26 Å². The van der Waals surface area contributed by atoms with Crippen LogP contribution in [0.4, 0.5) is 0 Å². The first-order chi connectivity index (χ1) is 4.72. The first-order valence-corrected chi connectivity index (χ1v) is 2.63. The average Bonchev–Trinajstić information content (AvgIpc) is 1.98. The largest absolute Gasteiger partial charge is 0.431 e. The first kappa shape index (κ1) is 8.44. The van der Waals surface area contributed by atoms with E-state index >= 15 is 0 Å². The number of ether oxygens (including phenoxy) is 1. The summed E-state index contributed by atoms with van der Waals surface area (Å²) in [5.74, 6) is -0.708. The zero-order valence-electron chi connectivity index (χ0n) is 5.63.